The Hall–Kier alpha value is -4.18. The number of aliphatic hydroxyl groups is 1. The van der Waals surface area contributed by atoms with Crippen molar-refractivity contribution in [2.24, 2.45) is 5.92 Å². The van der Waals surface area contributed by atoms with E-state index in [0.717, 1.165) is 11.4 Å². The van der Waals surface area contributed by atoms with Crippen LogP contribution in [0.15, 0.2) is 65.6 Å². The average Bonchev–Trinajstić information content (AvgIpc) is 3.52. The van der Waals surface area contributed by atoms with Gasteiger partial charge in [-0.2, -0.15) is 4.31 Å². The van der Waals surface area contributed by atoms with Gasteiger partial charge in [-0.05, 0) is 55.5 Å². The van der Waals surface area contributed by atoms with Crippen molar-refractivity contribution in [2.75, 3.05) is 53.9 Å². The minimum atomic E-state index is -3.91. The Morgan fingerprint density at radius 1 is 1.13 bits per heavy atom. The number of carbonyl (C=O) groups is 2. The third kappa shape index (κ3) is 6.76. The molecule has 5 N–H and O–H groups in total. The first-order valence-corrected chi connectivity index (χ1v) is 16.5. The minimum absolute atomic E-state index is 0.0580. The zero-order valence-electron chi connectivity index (χ0n) is 25.2. The van der Waals surface area contributed by atoms with Gasteiger partial charge in [0.2, 0.25) is 10.0 Å². The minimum Gasteiger partial charge on any atom is -0.497 e. The fourth-order valence-electron chi connectivity index (χ4n) is 5.10. The summed E-state index contributed by atoms with van der Waals surface area (Å²) >= 11 is 1.28. The van der Waals surface area contributed by atoms with Gasteiger partial charge in [-0.15, -0.1) is 0 Å². The van der Waals surface area contributed by atoms with Gasteiger partial charge >= 0.3 is 6.03 Å². The predicted molar refractivity (Wildman–Crippen MR) is 174 cm³/mol. The van der Waals surface area contributed by atoms with E-state index >= 15 is 0 Å². The summed E-state index contributed by atoms with van der Waals surface area (Å²) < 4.78 is 46.0. The average molecular weight is 657 g/mol. The topological polar surface area (TPSA) is 162 Å². The highest BCUT2D eigenvalue weighted by Gasteiger charge is 2.36. The Kier molecular flexibility index (Phi) is 9.62. The fourth-order valence-corrected chi connectivity index (χ4v) is 6.93. The molecule has 3 aromatic rings. The lowest BCUT2D eigenvalue weighted by atomic mass is 9.99. The first-order valence-electron chi connectivity index (χ1n) is 14.2. The number of benzene rings is 3. The number of aliphatic hydroxyl groups excluding tert-OH is 1. The Labute approximate surface area is 266 Å². The number of methoxy groups -OCH3 is 1. The molecule has 5 rings (SSSR count). The van der Waals surface area contributed by atoms with E-state index in [2.05, 4.69) is 20.1 Å². The zero-order valence-corrected chi connectivity index (χ0v) is 26.9. The molecule has 13 nitrogen and oxygen atoms in total. The maximum atomic E-state index is 13.8. The van der Waals surface area contributed by atoms with Gasteiger partial charge < -0.3 is 39.6 Å². The first kappa shape index (κ1) is 32.2. The van der Waals surface area contributed by atoms with E-state index in [1.807, 2.05) is 13.0 Å². The van der Waals surface area contributed by atoms with Gasteiger partial charge in [0.1, 0.15) is 11.9 Å². The highest BCUT2D eigenvalue weighted by molar-refractivity contribution is 8.02. The number of hydrogen-bond donors (Lipinski definition) is 5. The molecule has 3 aromatic carbocycles. The van der Waals surface area contributed by atoms with Crippen molar-refractivity contribution < 1.29 is 32.6 Å². The Bertz CT molecular complexity index is 1670. The van der Waals surface area contributed by atoms with Gasteiger partial charge in [0.25, 0.3) is 5.91 Å². The maximum absolute atomic E-state index is 13.8. The number of likely N-dealkylation sites (N-methyl/N-ethyl adjacent to an activating group) is 1. The number of nitrogens with zero attached hydrogens (tertiary/aromatic N) is 2. The molecule has 0 spiro atoms. The van der Waals surface area contributed by atoms with Crippen molar-refractivity contribution in [2.45, 2.75) is 30.9 Å². The summed E-state index contributed by atoms with van der Waals surface area (Å²) in [7, 11) is -0.950. The first-order chi connectivity index (χ1) is 21.5. The van der Waals surface area contributed by atoms with Gasteiger partial charge in [-0.3, -0.25) is 4.79 Å². The van der Waals surface area contributed by atoms with Gasteiger partial charge in [-0.1, -0.05) is 19.1 Å². The molecule has 15 heteroatoms. The Balaban J connectivity index is 1.46. The van der Waals surface area contributed by atoms with Crippen LogP contribution < -0.4 is 29.6 Å². The van der Waals surface area contributed by atoms with E-state index in [-0.39, 0.29) is 53.4 Å². The number of hydrogen-bond acceptors (Lipinski definition) is 10. The summed E-state index contributed by atoms with van der Waals surface area (Å²) in [5.74, 6) is -0.114. The van der Waals surface area contributed by atoms with Crippen LogP contribution in [0.3, 0.4) is 0 Å². The maximum Gasteiger partial charge on any atom is 0.323 e. The molecule has 3 amide bonds. The van der Waals surface area contributed by atoms with Crippen molar-refractivity contribution in [3.63, 3.8) is 0 Å². The molecule has 0 aliphatic carbocycles. The van der Waals surface area contributed by atoms with Crippen LogP contribution in [-0.2, 0) is 10.0 Å². The van der Waals surface area contributed by atoms with Crippen LogP contribution in [0.5, 0.6) is 11.5 Å². The van der Waals surface area contributed by atoms with Crippen molar-refractivity contribution in [1.82, 2.24) is 9.21 Å². The quantitative estimate of drug-likeness (QED) is 0.210. The molecule has 240 valence electrons. The molecule has 0 unspecified atom stereocenters. The van der Waals surface area contributed by atoms with Crippen LogP contribution in [-0.4, -0.2) is 80.7 Å². The summed E-state index contributed by atoms with van der Waals surface area (Å²) in [5.41, 5.74) is 2.48. The van der Waals surface area contributed by atoms with E-state index < -0.39 is 28.2 Å². The monoisotopic (exact) mass is 656 g/mol. The largest absolute Gasteiger partial charge is 0.497 e. The molecule has 45 heavy (non-hydrogen) atoms. The number of para-hydroxylation sites is 2. The standard InChI is InChI=1S/C30H36N6O7S2/c1-18-15-36(19(2)17-37)29(38)22-7-5-10-25(32-30(39)31-23-8-6-9-24-27(23)34-44-33-24)28(22)43-26(18)16-35(3)45(40,41)21-13-11-20(42-4)12-14-21/h5-14,18-19,26,33-34,37H,15-17H2,1-4H3,(H2,31,32,39)/t18-,19+,26+/m1/s1. The molecule has 0 bridgehead atoms. The lowest BCUT2D eigenvalue weighted by molar-refractivity contribution is 0.0389. The molecular weight excluding hydrogens is 620 g/mol. The highest BCUT2D eigenvalue weighted by Crippen LogP contribution is 2.39. The van der Waals surface area contributed by atoms with E-state index in [9.17, 15) is 23.1 Å². The van der Waals surface area contributed by atoms with Crippen LogP contribution in [0.25, 0.3) is 0 Å². The van der Waals surface area contributed by atoms with E-state index in [1.54, 1.807) is 54.3 Å². The van der Waals surface area contributed by atoms with Crippen molar-refractivity contribution >= 4 is 56.8 Å². The molecule has 0 saturated carbocycles. The number of anilines is 4. The second kappa shape index (κ2) is 13.4. The number of carbonyl (C=O) groups excluding carboxylic acids is 2. The molecule has 3 atom stereocenters. The third-order valence-corrected chi connectivity index (χ3v) is 10.2. The smallest absolute Gasteiger partial charge is 0.323 e. The van der Waals surface area contributed by atoms with E-state index in [0.29, 0.717) is 11.4 Å². The predicted octanol–water partition coefficient (Wildman–Crippen LogP) is 4.28. The Morgan fingerprint density at radius 3 is 2.53 bits per heavy atom. The normalized spacial score (nSPS) is 18.4. The molecule has 2 heterocycles. The van der Waals surface area contributed by atoms with Gasteiger partial charge in [0, 0.05) is 19.5 Å². The molecular formula is C30H36N6O7S2. The van der Waals surface area contributed by atoms with Crippen LogP contribution in [0.1, 0.15) is 24.2 Å². The lowest BCUT2D eigenvalue weighted by Crippen LogP contribution is -2.50. The third-order valence-electron chi connectivity index (χ3n) is 7.77. The second-order valence-electron chi connectivity index (χ2n) is 10.9. The van der Waals surface area contributed by atoms with Gasteiger partial charge in [0.05, 0.1) is 71.6 Å². The van der Waals surface area contributed by atoms with Crippen LogP contribution >= 0.6 is 12.1 Å². The summed E-state index contributed by atoms with van der Waals surface area (Å²) in [4.78, 5) is 28.6. The number of amides is 3. The molecule has 0 radical (unpaired) electrons. The van der Waals surface area contributed by atoms with Crippen molar-refractivity contribution in [1.29, 1.82) is 0 Å². The van der Waals surface area contributed by atoms with Crippen LogP contribution in [0.2, 0.25) is 0 Å². The fraction of sp³-hybridized carbons (Fsp3) is 0.333. The molecule has 0 aromatic heterocycles. The highest BCUT2D eigenvalue weighted by atomic mass is 32.2. The number of ether oxygens (including phenoxy) is 2. The second-order valence-corrected chi connectivity index (χ2v) is 13.5. The SMILES string of the molecule is COc1ccc(S(=O)(=O)N(C)C[C@@H]2Oc3c(NC(=O)Nc4cccc5c4NSN5)cccc3C(=O)N([C@@H](C)CO)C[C@H]2C)cc1. The number of fused-ring (bicyclic) bond motifs is 2. The summed E-state index contributed by atoms with van der Waals surface area (Å²) in [5, 5.41) is 15.6. The molecule has 0 fully saturated rings. The number of urea groups is 1. The van der Waals surface area contributed by atoms with Crippen molar-refractivity contribution in [3.8, 4) is 11.5 Å². The van der Waals surface area contributed by atoms with Gasteiger partial charge in [-0.25, -0.2) is 13.2 Å². The summed E-state index contributed by atoms with van der Waals surface area (Å²) in [6.45, 7) is 3.46. The number of rotatable bonds is 9. The van der Waals surface area contributed by atoms with Crippen LogP contribution in [0.4, 0.5) is 27.5 Å². The zero-order chi connectivity index (χ0) is 32.3. The molecule has 2 aliphatic heterocycles. The van der Waals surface area contributed by atoms with E-state index in [4.69, 9.17) is 9.47 Å². The van der Waals surface area contributed by atoms with Gasteiger partial charge in [0.15, 0.2) is 5.75 Å². The number of sulfonamides is 1. The molecule has 0 saturated heterocycles. The van der Waals surface area contributed by atoms with Crippen LogP contribution in [0, 0.1) is 5.92 Å². The van der Waals surface area contributed by atoms with E-state index in [1.165, 1.54) is 42.7 Å². The number of nitrogens with one attached hydrogen (secondary N) is 4. The summed E-state index contributed by atoms with van der Waals surface area (Å²) in [6, 6.07) is 15.2. The van der Waals surface area contributed by atoms with Crippen molar-refractivity contribution in [3.05, 3.63) is 66.2 Å². The summed E-state index contributed by atoms with van der Waals surface area (Å²) in [6.07, 6.45) is -0.737. The lowest BCUT2D eigenvalue weighted by Gasteiger charge is -2.38. The molecule has 2 aliphatic rings. The Morgan fingerprint density at radius 2 is 1.82 bits per heavy atom.